The summed E-state index contributed by atoms with van der Waals surface area (Å²) in [6.07, 6.45) is 4.49. The van der Waals surface area contributed by atoms with Crippen molar-refractivity contribution in [2.24, 2.45) is 5.73 Å². The molecule has 3 N–H and O–H groups in total. The maximum absolute atomic E-state index is 10.5. The molecule has 0 saturated heterocycles. The van der Waals surface area contributed by atoms with Crippen molar-refractivity contribution in [1.82, 2.24) is 0 Å². The molecule has 0 aromatic heterocycles. The Balaban J connectivity index is 2.64. The van der Waals surface area contributed by atoms with Gasteiger partial charge in [0, 0.05) is 13.0 Å². The number of amides is 1. The van der Waals surface area contributed by atoms with Crippen LogP contribution in [0, 0.1) is 0 Å². The number of nitrogens with two attached hydrogens (primary N) is 1. The molecular formula is C12H15NO2. The molecule has 80 valence electrons. The lowest BCUT2D eigenvalue weighted by molar-refractivity contribution is -0.117. The first-order valence-corrected chi connectivity index (χ1v) is 4.87. The predicted molar refractivity (Wildman–Crippen MR) is 60.1 cm³/mol. The van der Waals surface area contributed by atoms with E-state index in [9.17, 15) is 4.79 Å². The number of rotatable bonds is 5. The Morgan fingerprint density at radius 3 is 2.93 bits per heavy atom. The molecule has 3 heteroatoms. The van der Waals surface area contributed by atoms with Gasteiger partial charge >= 0.3 is 0 Å². The molecule has 1 amide bonds. The van der Waals surface area contributed by atoms with Gasteiger partial charge in [-0.05, 0) is 17.5 Å². The first-order valence-electron chi connectivity index (χ1n) is 4.87. The van der Waals surface area contributed by atoms with E-state index in [0.717, 1.165) is 11.1 Å². The highest BCUT2D eigenvalue weighted by Gasteiger charge is 1.93. The van der Waals surface area contributed by atoms with Gasteiger partial charge in [-0.2, -0.15) is 0 Å². The third kappa shape index (κ3) is 4.42. The van der Waals surface area contributed by atoms with Gasteiger partial charge in [0.2, 0.25) is 5.91 Å². The minimum absolute atomic E-state index is 0.147. The highest BCUT2D eigenvalue weighted by molar-refractivity contribution is 5.76. The van der Waals surface area contributed by atoms with Gasteiger partial charge in [-0.15, -0.1) is 0 Å². The fourth-order valence-electron chi connectivity index (χ4n) is 1.29. The van der Waals surface area contributed by atoms with Crippen LogP contribution in [0.1, 0.15) is 17.5 Å². The topological polar surface area (TPSA) is 63.3 Å². The number of benzene rings is 1. The molecular weight excluding hydrogens is 190 g/mol. The smallest absolute Gasteiger partial charge is 0.221 e. The monoisotopic (exact) mass is 205 g/mol. The Labute approximate surface area is 89.2 Å². The summed E-state index contributed by atoms with van der Waals surface area (Å²) in [5, 5.41) is 8.78. The largest absolute Gasteiger partial charge is 0.396 e. The normalized spacial score (nSPS) is 10.7. The minimum atomic E-state index is -0.335. The van der Waals surface area contributed by atoms with Crippen LogP contribution in [-0.2, 0) is 11.2 Å². The van der Waals surface area contributed by atoms with Gasteiger partial charge < -0.3 is 10.8 Å². The van der Waals surface area contributed by atoms with E-state index in [0.29, 0.717) is 6.42 Å². The molecule has 1 aromatic rings. The second-order valence-electron chi connectivity index (χ2n) is 3.29. The van der Waals surface area contributed by atoms with Gasteiger partial charge in [-0.25, -0.2) is 0 Å². The van der Waals surface area contributed by atoms with Crippen molar-refractivity contribution in [3.63, 3.8) is 0 Å². The SMILES string of the molecule is NC(=O)CC=Cc1cccc(CCO)c1. The maximum Gasteiger partial charge on any atom is 0.221 e. The van der Waals surface area contributed by atoms with Crippen LogP contribution >= 0.6 is 0 Å². The third-order valence-corrected chi connectivity index (χ3v) is 1.98. The Morgan fingerprint density at radius 1 is 1.47 bits per heavy atom. The predicted octanol–water partition coefficient (Wildman–Crippen LogP) is 1.11. The van der Waals surface area contributed by atoms with Gasteiger partial charge in [-0.3, -0.25) is 4.79 Å². The standard InChI is InChI=1S/C12H15NO2/c13-12(15)6-2-5-10-3-1-4-11(9-10)7-8-14/h1-5,9,14H,6-8H2,(H2,13,15). The van der Waals surface area contributed by atoms with Crippen molar-refractivity contribution in [2.45, 2.75) is 12.8 Å². The molecule has 0 fully saturated rings. The van der Waals surface area contributed by atoms with E-state index in [-0.39, 0.29) is 18.9 Å². The first kappa shape index (κ1) is 11.5. The van der Waals surface area contributed by atoms with Crippen molar-refractivity contribution >= 4 is 12.0 Å². The second-order valence-corrected chi connectivity index (χ2v) is 3.29. The second kappa shape index (κ2) is 5.98. The summed E-state index contributed by atoms with van der Waals surface area (Å²) in [5.41, 5.74) is 7.11. The lowest BCUT2D eigenvalue weighted by atomic mass is 10.1. The summed E-state index contributed by atoms with van der Waals surface area (Å²) >= 11 is 0. The first-order chi connectivity index (χ1) is 7.22. The van der Waals surface area contributed by atoms with Crippen molar-refractivity contribution in [3.05, 3.63) is 41.5 Å². The van der Waals surface area contributed by atoms with E-state index in [2.05, 4.69) is 0 Å². The number of aliphatic hydroxyl groups is 1. The molecule has 0 spiro atoms. The third-order valence-electron chi connectivity index (χ3n) is 1.98. The average molecular weight is 205 g/mol. The lowest BCUT2D eigenvalue weighted by Gasteiger charge is -1.99. The summed E-state index contributed by atoms with van der Waals surface area (Å²) < 4.78 is 0. The van der Waals surface area contributed by atoms with Crippen LogP contribution in [-0.4, -0.2) is 17.6 Å². The van der Waals surface area contributed by atoms with E-state index in [1.807, 2.05) is 30.3 Å². The van der Waals surface area contributed by atoms with Gasteiger partial charge in [0.1, 0.15) is 0 Å². The molecule has 15 heavy (non-hydrogen) atoms. The molecule has 0 aliphatic carbocycles. The Hall–Kier alpha value is -1.61. The van der Waals surface area contributed by atoms with E-state index in [1.165, 1.54) is 0 Å². The Kier molecular flexibility index (Phi) is 4.57. The summed E-state index contributed by atoms with van der Waals surface area (Å²) in [5.74, 6) is -0.335. The summed E-state index contributed by atoms with van der Waals surface area (Å²) in [7, 11) is 0. The fourth-order valence-corrected chi connectivity index (χ4v) is 1.29. The fraction of sp³-hybridized carbons (Fsp3) is 0.250. The van der Waals surface area contributed by atoms with Crippen LogP contribution < -0.4 is 5.73 Å². The summed E-state index contributed by atoms with van der Waals surface area (Å²) in [6, 6.07) is 7.81. The molecule has 0 atom stereocenters. The molecule has 0 heterocycles. The van der Waals surface area contributed by atoms with E-state index in [4.69, 9.17) is 10.8 Å². The van der Waals surface area contributed by atoms with Crippen LogP contribution in [0.3, 0.4) is 0 Å². The zero-order valence-corrected chi connectivity index (χ0v) is 8.52. The zero-order chi connectivity index (χ0) is 11.1. The minimum Gasteiger partial charge on any atom is -0.396 e. The number of hydrogen-bond acceptors (Lipinski definition) is 2. The number of primary amides is 1. The van der Waals surface area contributed by atoms with E-state index < -0.39 is 0 Å². The number of carbonyl (C=O) groups excluding carboxylic acids is 1. The molecule has 0 aliphatic rings. The molecule has 0 radical (unpaired) electrons. The van der Waals surface area contributed by atoms with E-state index in [1.54, 1.807) is 6.08 Å². The van der Waals surface area contributed by atoms with Crippen LogP contribution in [0.5, 0.6) is 0 Å². The summed E-state index contributed by atoms with van der Waals surface area (Å²) in [6.45, 7) is 0.147. The van der Waals surface area contributed by atoms with Crippen LogP contribution in [0.15, 0.2) is 30.3 Å². The molecule has 1 aromatic carbocycles. The highest BCUT2D eigenvalue weighted by atomic mass is 16.2. The number of hydrogen-bond donors (Lipinski definition) is 2. The molecule has 0 bridgehead atoms. The maximum atomic E-state index is 10.5. The average Bonchev–Trinajstić information content (AvgIpc) is 2.18. The number of aliphatic hydroxyl groups excluding tert-OH is 1. The zero-order valence-electron chi connectivity index (χ0n) is 8.52. The van der Waals surface area contributed by atoms with Crippen LogP contribution in [0.2, 0.25) is 0 Å². The van der Waals surface area contributed by atoms with Crippen LogP contribution in [0.4, 0.5) is 0 Å². The van der Waals surface area contributed by atoms with Crippen molar-refractivity contribution in [3.8, 4) is 0 Å². The van der Waals surface area contributed by atoms with Gasteiger partial charge in [-0.1, -0.05) is 36.4 Å². The molecule has 0 unspecified atom stereocenters. The highest BCUT2D eigenvalue weighted by Crippen LogP contribution is 2.07. The Morgan fingerprint density at radius 2 is 2.27 bits per heavy atom. The Bertz CT molecular complexity index is 358. The molecule has 0 saturated carbocycles. The lowest BCUT2D eigenvalue weighted by Crippen LogP contribution is -2.07. The van der Waals surface area contributed by atoms with E-state index >= 15 is 0 Å². The van der Waals surface area contributed by atoms with Crippen LogP contribution in [0.25, 0.3) is 6.08 Å². The number of carbonyl (C=O) groups is 1. The molecule has 3 nitrogen and oxygen atoms in total. The summed E-state index contributed by atoms with van der Waals surface area (Å²) in [4.78, 5) is 10.5. The molecule has 0 aliphatic heterocycles. The van der Waals surface area contributed by atoms with Gasteiger partial charge in [0.15, 0.2) is 0 Å². The van der Waals surface area contributed by atoms with Crippen molar-refractivity contribution < 1.29 is 9.90 Å². The van der Waals surface area contributed by atoms with Gasteiger partial charge in [0.25, 0.3) is 0 Å². The van der Waals surface area contributed by atoms with Gasteiger partial charge in [0.05, 0.1) is 0 Å². The van der Waals surface area contributed by atoms with Crippen molar-refractivity contribution in [2.75, 3.05) is 6.61 Å². The van der Waals surface area contributed by atoms with Crippen molar-refractivity contribution in [1.29, 1.82) is 0 Å². The quantitative estimate of drug-likeness (QED) is 0.756. The molecule has 1 rings (SSSR count).